The number of fused-ring (bicyclic) bond motifs is 1. The van der Waals surface area contributed by atoms with Gasteiger partial charge in [-0.1, -0.05) is 24.3 Å². The number of nitrogens with one attached hydrogen (secondary N) is 1. The van der Waals surface area contributed by atoms with Crippen molar-refractivity contribution < 1.29 is 13.9 Å². The van der Waals surface area contributed by atoms with Gasteiger partial charge in [0.25, 0.3) is 5.91 Å². The first kappa shape index (κ1) is 13.6. The minimum absolute atomic E-state index is 0.0418. The highest BCUT2D eigenvalue weighted by molar-refractivity contribution is 5.95. The molecule has 3 rings (SSSR count). The number of aryl methyl sites for hydroxylation is 1. The number of methoxy groups -OCH3 is 1. The van der Waals surface area contributed by atoms with Crippen molar-refractivity contribution in [1.82, 2.24) is 5.32 Å². The Morgan fingerprint density at radius 2 is 2.10 bits per heavy atom. The fourth-order valence-corrected chi connectivity index (χ4v) is 2.75. The van der Waals surface area contributed by atoms with E-state index in [4.69, 9.17) is 4.74 Å². The van der Waals surface area contributed by atoms with E-state index < -0.39 is 11.7 Å². The predicted octanol–water partition coefficient (Wildman–Crippen LogP) is 3.25. The Morgan fingerprint density at radius 1 is 1.29 bits per heavy atom. The Kier molecular flexibility index (Phi) is 3.60. The lowest BCUT2D eigenvalue weighted by atomic mass is 10.1. The lowest BCUT2D eigenvalue weighted by Gasteiger charge is -2.14. The van der Waals surface area contributed by atoms with Crippen LogP contribution >= 0.6 is 0 Å². The minimum atomic E-state index is -0.571. The Morgan fingerprint density at radius 3 is 2.86 bits per heavy atom. The molecule has 0 aliphatic heterocycles. The molecule has 0 saturated carbocycles. The molecule has 1 N–H and O–H groups in total. The number of carbonyl (C=O) groups excluding carboxylic acids is 1. The van der Waals surface area contributed by atoms with Gasteiger partial charge in [0.1, 0.15) is 11.6 Å². The Bertz CT molecular complexity index is 684. The number of hydrogen-bond donors (Lipinski definition) is 1. The van der Waals surface area contributed by atoms with Crippen molar-refractivity contribution in [3.8, 4) is 5.75 Å². The normalized spacial score (nSPS) is 16.4. The minimum Gasteiger partial charge on any atom is -0.497 e. The van der Waals surface area contributed by atoms with E-state index in [9.17, 15) is 9.18 Å². The van der Waals surface area contributed by atoms with Gasteiger partial charge in [0.05, 0.1) is 18.7 Å². The lowest BCUT2D eigenvalue weighted by molar-refractivity contribution is 0.0932. The Hall–Kier alpha value is -2.36. The molecule has 2 aromatic carbocycles. The van der Waals surface area contributed by atoms with Gasteiger partial charge in [-0.3, -0.25) is 4.79 Å². The van der Waals surface area contributed by atoms with Crippen LogP contribution in [0.4, 0.5) is 4.39 Å². The summed E-state index contributed by atoms with van der Waals surface area (Å²) in [5.74, 6) is -0.565. The van der Waals surface area contributed by atoms with Gasteiger partial charge in [-0.15, -0.1) is 0 Å². The van der Waals surface area contributed by atoms with Crippen molar-refractivity contribution in [3.05, 3.63) is 65.0 Å². The molecule has 0 aromatic heterocycles. The number of ether oxygens (including phenoxy) is 1. The zero-order valence-corrected chi connectivity index (χ0v) is 11.7. The molecule has 108 valence electrons. The molecular formula is C17H16FNO2. The summed E-state index contributed by atoms with van der Waals surface area (Å²) in [6.07, 6.45) is 1.79. The quantitative estimate of drug-likeness (QED) is 0.940. The van der Waals surface area contributed by atoms with E-state index in [1.807, 2.05) is 18.2 Å². The highest BCUT2D eigenvalue weighted by Crippen LogP contribution is 2.31. The van der Waals surface area contributed by atoms with Gasteiger partial charge >= 0.3 is 0 Å². The molecule has 3 nitrogen and oxygen atoms in total. The summed E-state index contributed by atoms with van der Waals surface area (Å²) < 4.78 is 18.9. The average molecular weight is 285 g/mol. The SMILES string of the molecule is COc1ccc(C(=O)NC2CCc3ccccc32)c(F)c1. The van der Waals surface area contributed by atoms with Crippen molar-refractivity contribution in [1.29, 1.82) is 0 Å². The molecule has 1 amide bonds. The van der Waals surface area contributed by atoms with E-state index in [0.29, 0.717) is 5.75 Å². The Labute approximate surface area is 122 Å². The molecule has 4 heteroatoms. The highest BCUT2D eigenvalue weighted by Gasteiger charge is 2.24. The molecule has 0 bridgehead atoms. The summed E-state index contributed by atoms with van der Waals surface area (Å²) in [5, 5.41) is 2.91. The second-order valence-corrected chi connectivity index (χ2v) is 5.11. The number of rotatable bonds is 3. The summed E-state index contributed by atoms with van der Waals surface area (Å²) in [6, 6.07) is 12.2. The number of benzene rings is 2. The number of amides is 1. The summed E-state index contributed by atoms with van der Waals surface area (Å²) in [4.78, 5) is 12.2. The monoisotopic (exact) mass is 285 g/mol. The fraction of sp³-hybridized carbons (Fsp3) is 0.235. The van der Waals surface area contributed by atoms with Crippen molar-refractivity contribution in [2.75, 3.05) is 7.11 Å². The molecule has 1 aliphatic rings. The van der Waals surface area contributed by atoms with Crippen LogP contribution in [0, 0.1) is 5.82 Å². The van der Waals surface area contributed by atoms with Crippen molar-refractivity contribution in [2.45, 2.75) is 18.9 Å². The van der Waals surface area contributed by atoms with Gasteiger partial charge in [-0.25, -0.2) is 4.39 Å². The van der Waals surface area contributed by atoms with E-state index in [1.165, 1.54) is 24.8 Å². The third-order valence-corrected chi connectivity index (χ3v) is 3.86. The standard InChI is InChI=1S/C17H16FNO2/c1-21-12-7-8-14(15(18)10-12)17(20)19-16-9-6-11-4-2-3-5-13(11)16/h2-5,7-8,10,16H,6,9H2,1H3,(H,19,20). The molecule has 0 saturated heterocycles. The van der Waals surface area contributed by atoms with Gasteiger partial charge in [0.15, 0.2) is 0 Å². The molecule has 21 heavy (non-hydrogen) atoms. The average Bonchev–Trinajstić information content (AvgIpc) is 2.90. The molecule has 1 atom stereocenters. The van der Waals surface area contributed by atoms with Crippen molar-refractivity contribution in [3.63, 3.8) is 0 Å². The largest absolute Gasteiger partial charge is 0.497 e. The second kappa shape index (κ2) is 5.56. The summed E-state index contributed by atoms with van der Waals surface area (Å²) >= 11 is 0. The van der Waals surface area contributed by atoms with Crippen LogP contribution in [0.25, 0.3) is 0 Å². The Balaban J connectivity index is 1.79. The van der Waals surface area contributed by atoms with Gasteiger partial charge in [0.2, 0.25) is 0 Å². The molecule has 0 fully saturated rings. The summed E-state index contributed by atoms with van der Waals surface area (Å²) in [7, 11) is 1.46. The van der Waals surface area contributed by atoms with Crippen LogP contribution in [0.3, 0.4) is 0 Å². The number of carbonyl (C=O) groups is 1. The molecule has 2 aromatic rings. The summed E-state index contributed by atoms with van der Waals surface area (Å²) in [6.45, 7) is 0. The van der Waals surface area contributed by atoms with Crippen LogP contribution in [-0.2, 0) is 6.42 Å². The molecule has 1 unspecified atom stereocenters. The van der Waals surface area contributed by atoms with E-state index >= 15 is 0 Å². The lowest BCUT2D eigenvalue weighted by Crippen LogP contribution is -2.27. The van der Waals surface area contributed by atoms with Gasteiger partial charge in [-0.2, -0.15) is 0 Å². The van der Waals surface area contributed by atoms with Crippen LogP contribution in [0.1, 0.15) is 33.9 Å². The van der Waals surface area contributed by atoms with E-state index in [2.05, 4.69) is 11.4 Å². The summed E-state index contributed by atoms with van der Waals surface area (Å²) in [5.41, 5.74) is 2.41. The van der Waals surface area contributed by atoms with E-state index in [1.54, 1.807) is 6.07 Å². The van der Waals surface area contributed by atoms with Gasteiger partial charge < -0.3 is 10.1 Å². The van der Waals surface area contributed by atoms with Crippen LogP contribution in [0.2, 0.25) is 0 Å². The number of hydrogen-bond acceptors (Lipinski definition) is 2. The van der Waals surface area contributed by atoms with Crippen LogP contribution in [0.5, 0.6) is 5.75 Å². The molecular weight excluding hydrogens is 269 g/mol. The zero-order chi connectivity index (χ0) is 14.8. The molecule has 0 spiro atoms. The molecule has 0 radical (unpaired) electrons. The first-order chi connectivity index (χ1) is 10.2. The first-order valence-electron chi connectivity index (χ1n) is 6.91. The van der Waals surface area contributed by atoms with Crippen molar-refractivity contribution >= 4 is 5.91 Å². The maximum absolute atomic E-state index is 13.9. The van der Waals surface area contributed by atoms with Crippen LogP contribution < -0.4 is 10.1 Å². The maximum atomic E-state index is 13.9. The second-order valence-electron chi connectivity index (χ2n) is 5.11. The smallest absolute Gasteiger partial charge is 0.254 e. The third-order valence-electron chi connectivity index (χ3n) is 3.86. The maximum Gasteiger partial charge on any atom is 0.254 e. The first-order valence-corrected chi connectivity index (χ1v) is 6.91. The predicted molar refractivity (Wildman–Crippen MR) is 77.9 cm³/mol. The fourth-order valence-electron chi connectivity index (χ4n) is 2.75. The van der Waals surface area contributed by atoms with Crippen LogP contribution in [0.15, 0.2) is 42.5 Å². The highest BCUT2D eigenvalue weighted by atomic mass is 19.1. The van der Waals surface area contributed by atoms with Gasteiger partial charge in [0, 0.05) is 6.07 Å². The van der Waals surface area contributed by atoms with Crippen molar-refractivity contribution in [2.24, 2.45) is 0 Å². The third kappa shape index (κ3) is 2.61. The van der Waals surface area contributed by atoms with E-state index in [0.717, 1.165) is 18.4 Å². The zero-order valence-electron chi connectivity index (χ0n) is 11.7. The molecule has 1 aliphatic carbocycles. The van der Waals surface area contributed by atoms with Gasteiger partial charge in [-0.05, 0) is 36.1 Å². The van der Waals surface area contributed by atoms with E-state index in [-0.39, 0.29) is 11.6 Å². The number of halogens is 1. The molecule has 0 heterocycles. The van der Waals surface area contributed by atoms with Crippen LogP contribution in [-0.4, -0.2) is 13.0 Å². The topological polar surface area (TPSA) is 38.3 Å².